The maximum Gasteiger partial charge on any atom is 0.352 e. The van der Waals surface area contributed by atoms with Gasteiger partial charge in [0.15, 0.2) is 5.76 Å². The fourth-order valence-corrected chi connectivity index (χ4v) is 3.48. The number of nitro benzene ring substituents is 1. The Hall–Kier alpha value is -4.05. The quantitative estimate of drug-likeness (QED) is 0.253. The number of fused-ring (bicyclic) bond motifs is 1. The number of benzene rings is 2. The lowest BCUT2D eigenvalue weighted by molar-refractivity contribution is -0.385. The second-order valence-electron chi connectivity index (χ2n) is 6.22. The molecule has 0 atom stereocenters. The summed E-state index contributed by atoms with van der Waals surface area (Å²) in [6.07, 6.45) is -0.207. The minimum Gasteiger partial charge on any atom is -0.477 e. The molecule has 2 N–H and O–H groups in total. The number of hydrogen-bond acceptors (Lipinski definition) is 8. The Labute approximate surface area is 173 Å². The first-order valence-corrected chi connectivity index (χ1v) is 9.62. The summed E-state index contributed by atoms with van der Waals surface area (Å²) < 4.78 is 5.77. The van der Waals surface area contributed by atoms with Crippen LogP contribution in [0.3, 0.4) is 0 Å². The maximum absolute atomic E-state index is 11.6. The number of furan rings is 1. The largest absolute Gasteiger partial charge is 0.477 e. The first-order valence-electron chi connectivity index (χ1n) is 8.74. The van der Waals surface area contributed by atoms with E-state index in [2.05, 4.69) is 15.5 Å². The molecule has 0 fully saturated rings. The number of nitrogens with one attached hydrogen (secondary N) is 1. The molecule has 10 heteroatoms. The van der Waals surface area contributed by atoms with Gasteiger partial charge in [-0.25, -0.2) is 9.78 Å². The standard InChI is InChI=1S/C20H14N4O5S/c25-19(26)14(9-12-5-1-3-7-16(12)24(27)28)22-23-20-21-15(11-30-20)18-10-13-6-2-4-8-17(13)29-18/h1-8,10-11H,9H2,(H,21,23)(H,25,26)/b22-14-. The molecule has 2 aromatic carbocycles. The molecular formula is C20H14N4O5S. The molecule has 0 aliphatic rings. The van der Waals surface area contributed by atoms with E-state index >= 15 is 0 Å². The van der Waals surface area contributed by atoms with Gasteiger partial charge in [0.2, 0.25) is 5.13 Å². The van der Waals surface area contributed by atoms with Crippen LogP contribution in [0.15, 0.2) is 69.5 Å². The Balaban J connectivity index is 1.54. The monoisotopic (exact) mass is 422 g/mol. The number of para-hydroxylation sites is 2. The van der Waals surface area contributed by atoms with E-state index in [1.165, 1.54) is 29.5 Å². The number of hydrazone groups is 1. The predicted molar refractivity (Wildman–Crippen MR) is 113 cm³/mol. The summed E-state index contributed by atoms with van der Waals surface area (Å²) in [6.45, 7) is 0. The van der Waals surface area contributed by atoms with Gasteiger partial charge < -0.3 is 9.52 Å². The van der Waals surface area contributed by atoms with Crippen LogP contribution in [0.4, 0.5) is 10.8 Å². The average molecular weight is 422 g/mol. The normalized spacial score (nSPS) is 11.5. The highest BCUT2D eigenvalue weighted by molar-refractivity contribution is 7.14. The molecule has 0 saturated heterocycles. The molecule has 30 heavy (non-hydrogen) atoms. The number of thiazole rings is 1. The Kier molecular flexibility index (Phi) is 5.22. The lowest BCUT2D eigenvalue weighted by Crippen LogP contribution is -2.18. The number of carboxylic acid groups (broad SMARTS) is 1. The van der Waals surface area contributed by atoms with Crippen LogP contribution in [0.1, 0.15) is 5.56 Å². The van der Waals surface area contributed by atoms with Crippen LogP contribution in [0.2, 0.25) is 0 Å². The highest BCUT2D eigenvalue weighted by Gasteiger charge is 2.19. The topological polar surface area (TPSA) is 131 Å². The fraction of sp³-hybridized carbons (Fsp3) is 0.0500. The number of rotatable bonds is 7. The third-order valence-corrected chi connectivity index (χ3v) is 5.01. The van der Waals surface area contributed by atoms with Crippen molar-refractivity contribution in [3.05, 3.63) is 75.7 Å². The summed E-state index contributed by atoms with van der Waals surface area (Å²) in [6, 6.07) is 15.4. The molecule has 0 amide bonds. The molecular weight excluding hydrogens is 408 g/mol. The predicted octanol–water partition coefficient (Wildman–Crippen LogP) is 4.56. The molecule has 0 spiro atoms. The van der Waals surface area contributed by atoms with E-state index < -0.39 is 10.9 Å². The van der Waals surface area contributed by atoms with Gasteiger partial charge in [0, 0.05) is 28.8 Å². The fourth-order valence-electron chi connectivity index (χ4n) is 2.84. The van der Waals surface area contributed by atoms with Gasteiger partial charge in [-0.1, -0.05) is 36.4 Å². The Bertz CT molecular complexity index is 1240. The molecule has 2 aromatic heterocycles. The lowest BCUT2D eigenvalue weighted by atomic mass is 10.1. The van der Waals surface area contributed by atoms with Gasteiger partial charge in [-0.3, -0.25) is 15.5 Å². The summed E-state index contributed by atoms with van der Waals surface area (Å²) in [7, 11) is 0. The molecule has 0 saturated carbocycles. The minimum absolute atomic E-state index is 0.159. The number of hydrogen-bond donors (Lipinski definition) is 2. The molecule has 0 radical (unpaired) electrons. The van der Waals surface area contributed by atoms with E-state index in [9.17, 15) is 20.0 Å². The van der Waals surface area contributed by atoms with E-state index in [1.807, 2.05) is 30.3 Å². The Morgan fingerprint density at radius 3 is 2.77 bits per heavy atom. The third-order valence-electron chi connectivity index (χ3n) is 4.26. The molecule has 0 unspecified atom stereocenters. The highest BCUT2D eigenvalue weighted by atomic mass is 32.1. The van der Waals surface area contributed by atoms with Crippen LogP contribution in [-0.2, 0) is 11.2 Å². The third kappa shape index (κ3) is 4.03. The van der Waals surface area contributed by atoms with Crippen molar-refractivity contribution in [1.82, 2.24) is 4.98 Å². The van der Waals surface area contributed by atoms with Crippen LogP contribution in [0, 0.1) is 10.1 Å². The first-order chi connectivity index (χ1) is 14.5. The molecule has 4 rings (SSSR count). The summed E-state index contributed by atoms with van der Waals surface area (Å²) >= 11 is 1.23. The number of carboxylic acids is 1. The van der Waals surface area contributed by atoms with Crippen molar-refractivity contribution in [3.63, 3.8) is 0 Å². The number of anilines is 1. The van der Waals surface area contributed by atoms with E-state index in [-0.39, 0.29) is 23.4 Å². The summed E-state index contributed by atoms with van der Waals surface area (Å²) in [5.41, 5.74) is 3.78. The minimum atomic E-state index is -1.28. The highest BCUT2D eigenvalue weighted by Crippen LogP contribution is 2.30. The second-order valence-corrected chi connectivity index (χ2v) is 7.08. The van der Waals surface area contributed by atoms with E-state index in [0.29, 0.717) is 16.6 Å². The van der Waals surface area contributed by atoms with Gasteiger partial charge in [0.05, 0.1) is 4.92 Å². The molecule has 0 aliphatic carbocycles. The van der Waals surface area contributed by atoms with Crippen LogP contribution in [-0.4, -0.2) is 26.7 Å². The smallest absolute Gasteiger partial charge is 0.352 e. The van der Waals surface area contributed by atoms with Gasteiger partial charge in [0.1, 0.15) is 17.0 Å². The van der Waals surface area contributed by atoms with Crippen molar-refractivity contribution in [2.45, 2.75) is 6.42 Å². The zero-order chi connectivity index (χ0) is 21.1. The van der Waals surface area contributed by atoms with Crippen LogP contribution < -0.4 is 5.43 Å². The molecule has 150 valence electrons. The van der Waals surface area contributed by atoms with Crippen molar-refractivity contribution in [2.24, 2.45) is 5.10 Å². The van der Waals surface area contributed by atoms with Gasteiger partial charge in [-0.2, -0.15) is 5.10 Å². The Morgan fingerprint density at radius 1 is 1.23 bits per heavy atom. The van der Waals surface area contributed by atoms with Crippen molar-refractivity contribution < 1.29 is 19.2 Å². The molecule has 0 aliphatic heterocycles. The lowest BCUT2D eigenvalue weighted by Gasteiger charge is -2.03. The molecule has 0 bridgehead atoms. The van der Waals surface area contributed by atoms with E-state index in [1.54, 1.807) is 11.4 Å². The van der Waals surface area contributed by atoms with Crippen molar-refractivity contribution in [1.29, 1.82) is 0 Å². The zero-order valence-electron chi connectivity index (χ0n) is 15.3. The Morgan fingerprint density at radius 2 is 2.00 bits per heavy atom. The van der Waals surface area contributed by atoms with Crippen molar-refractivity contribution in [3.8, 4) is 11.5 Å². The van der Waals surface area contributed by atoms with Gasteiger partial charge in [-0.05, 0) is 12.1 Å². The number of nitro groups is 1. The number of nitrogens with zero attached hydrogens (tertiary/aromatic N) is 3. The molecule has 2 heterocycles. The first kappa shape index (κ1) is 19.3. The van der Waals surface area contributed by atoms with Gasteiger partial charge in [-0.15, -0.1) is 11.3 Å². The van der Waals surface area contributed by atoms with Gasteiger partial charge in [0.25, 0.3) is 5.69 Å². The number of carbonyl (C=O) groups is 1. The maximum atomic E-state index is 11.6. The number of aliphatic carboxylic acids is 1. The van der Waals surface area contributed by atoms with Gasteiger partial charge >= 0.3 is 5.97 Å². The zero-order valence-corrected chi connectivity index (χ0v) is 16.1. The van der Waals surface area contributed by atoms with Crippen LogP contribution in [0.5, 0.6) is 0 Å². The molecule has 4 aromatic rings. The summed E-state index contributed by atoms with van der Waals surface area (Å²) in [4.78, 5) is 26.5. The van der Waals surface area contributed by atoms with E-state index in [0.717, 1.165) is 11.0 Å². The second kappa shape index (κ2) is 8.13. The van der Waals surface area contributed by atoms with Crippen molar-refractivity contribution in [2.75, 3.05) is 5.43 Å². The van der Waals surface area contributed by atoms with Crippen LogP contribution in [0.25, 0.3) is 22.4 Å². The van der Waals surface area contributed by atoms with Crippen LogP contribution >= 0.6 is 11.3 Å². The van der Waals surface area contributed by atoms with Crippen molar-refractivity contribution >= 4 is 44.8 Å². The summed E-state index contributed by atoms with van der Waals surface area (Å²) in [5.74, 6) is -0.697. The molecule has 9 nitrogen and oxygen atoms in total. The average Bonchev–Trinajstić information content (AvgIpc) is 3.37. The number of aromatic nitrogens is 1. The SMILES string of the molecule is O=C(O)/C(Cc1ccccc1[N+](=O)[O-])=N\Nc1nc(-c2cc3ccccc3o2)cs1. The summed E-state index contributed by atoms with van der Waals surface area (Å²) in [5, 5.41) is 27.6. The van der Waals surface area contributed by atoms with E-state index in [4.69, 9.17) is 4.42 Å².